The number of amides is 3. The molecule has 140 valence electrons. The third kappa shape index (κ3) is 2.90. The number of esters is 1. The average molecular weight is 379 g/mol. The number of hydrogen-bond donors (Lipinski definition) is 2. The van der Waals surface area contributed by atoms with Crippen molar-refractivity contribution in [2.45, 2.75) is 32.7 Å². The maximum absolute atomic E-state index is 12.7. The number of aryl methyl sites for hydroxylation is 1. The molecule has 0 aliphatic carbocycles. The minimum Gasteiger partial charge on any atom is -0.462 e. The van der Waals surface area contributed by atoms with E-state index >= 15 is 0 Å². The molecule has 2 aliphatic rings. The predicted molar refractivity (Wildman–Crippen MR) is 95.5 cm³/mol. The predicted octanol–water partition coefficient (Wildman–Crippen LogP) is 1.42. The Morgan fingerprint density at radius 2 is 2.04 bits per heavy atom. The monoisotopic (exact) mass is 379 g/mol. The van der Waals surface area contributed by atoms with Gasteiger partial charge in [0.05, 0.1) is 24.4 Å². The van der Waals surface area contributed by atoms with Crippen molar-refractivity contribution in [3.63, 3.8) is 0 Å². The lowest BCUT2D eigenvalue weighted by Crippen LogP contribution is -2.47. The van der Waals surface area contributed by atoms with E-state index in [4.69, 9.17) is 4.74 Å². The second-order valence-electron chi connectivity index (χ2n) is 6.47. The number of rotatable bonds is 5. The maximum Gasteiger partial charge on any atom is 0.340 e. The van der Waals surface area contributed by atoms with Crippen molar-refractivity contribution in [1.82, 2.24) is 15.2 Å². The number of ether oxygens (including phenoxy) is 1. The Kier molecular flexibility index (Phi) is 4.83. The van der Waals surface area contributed by atoms with E-state index in [1.807, 2.05) is 0 Å². The molecule has 2 saturated heterocycles. The van der Waals surface area contributed by atoms with E-state index < -0.39 is 23.3 Å². The normalized spacial score (nSPS) is 22.2. The van der Waals surface area contributed by atoms with E-state index in [-0.39, 0.29) is 24.8 Å². The van der Waals surface area contributed by atoms with E-state index in [1.165, 1.54) is 0 Å². The third-order valence-corrected chi connectivity index (χ3v) is 5.95. The van der Waals surface area contributed by atoms with Crippen LogP contribution < -0.4 is 5.32 Å². The number of thioether (sulfide) groups is 1. The average Bonchev–Trinajstić information content (AvgIpc) is 3.22. The summed E-state index contributed by atoms with van der Waals surface area (Å²) in [6.45, 7) is 4.89. The summed E-state index contributed by atoms with van der Waals surface area (Å²) in [5, 5.41) is 2.73. The molecule has 8 nitrogen and oxygen atoms in total. The molecule has 0 saturated carbocycles. The molecular formula is C17H21N3O5S. The quantitative estimate of drug-likeness (QED) is 0.455. The number of Topliss-reactive ketones (excluding diaryl/α,β-unsaturated/α-hetero) is 1. The first-order chi connectivity index (χ1) is 12.3. The highest BCUT2D eigenvalue weighted by Crippen LogP contribution is 2.33. The summed E-state index contributed by atoms with van der Waals surface area (Å²) in [6, 6.07) is -0.544. The zero-order valence-corrected chi connectivity index (χ0v) is 15.7. The Hall–Kier alpha value is -2.29. The highest BCUT2D eigenvalue weighted by Gasteiger charge is 2.53. The number of carbonyl (C=O) groups is 4. The van der Waals surface area contributed by atoms with Gasteiger partial charge in [0.25, 0.3) is 5.91 Å². The van der Waals surface area contributed by atoms with Gasteiger partial charge in [0, 0.05) is 11.4 Å². The number of aromatic nitrogens is 1. The maximum atomic E-state index is 12.7. The lowest BCUT2D eigenvalue weighted by Gasteiger charge is -2.18. The van der Waals surface area contributed by atoms with Crippen LogP contribution >= 0.6 is 11.8 Å². The van der Waals surface area contributed by atoms with Gasteiger partial charge in [-0.3, -0.25) is 14.5 Å². The van der Waals surface area contributed by atoms with Crippen LogP contribution in [-0.2, 0) is 9.53 Å². The molecule has 2 N–H and O–H groups in total. The van der Waals surface area contributed by atoms with Gasteiger partial charge in [-0.15, -0.1) is 0 Å². The first kappa shape index (κ1) is 18.5. The van der Waals surface area contributed by atoms with Crippen molar-refractivity contribution in [2.24, 2.45) is 0 Å². The second-order valence-corrected chi connectivity index (χ2v) is 7.58. The molecule has 2 aliphatic heterocycles. The zero-order valence-electron chi connectivity index (χ0n) is 14.9. The molecule has 0 aromatic carbocycles. The van der Waals surface area contributed by atoms with Gasteiger partial charge < -0.3 is 15.0 Å². The van der Waals surface area contributed by atoms with E-state index in [0.29, 0.717) is 29.0 Å². The molecule has 0 bridgehead atoms. The molecule has 26 heavy (non-hydrogen) atoms. The molecule has 0 radical (unpaired) electrons. The number of urea groups is 1. The summed E-state index contributed by atoms with van der Waals surface area (Å²) in [6.07, 6.45) is 0.570. The molecule has 3 amide bonds. The number of hydrogen-bond acceptors (Lipinski definition) is 6. The summed E-state index contributed by atoms with van der Waals surface area (Å²) in [4.78, 5) is 53.5. The van der Waals surface area contributed by atoms with Gasteiger partial charge in [-0.2, -0.15) is 11.8 Å². The molecule has 1 aromatic heterocycles. The van der Waals surface area contributed by atoms with Crippen molar-refractivity contribution >= 4 is 35.5 Å². The molecule has 1 atom stereocenters. The number of ketones is 1. The van der Waals surface area contributed by atoms with Gasteiger partial charge in [0.15, 0.2) is 5.78 Å². The Morgan fingerprint density at radius 3 is 2.65 bits per heavy atom. The summed E-state index contributed by atoms with van der Waals surface area (Å²) in [7, 11) is 0. The smallest absolute Gasteiger partial charge is 0.340 e. The number of carbonyl (C=O) groups excluding carboxylic acids is 4. The first-order valence-corrected chi connectivity index (χ1v) is 9.57. The summed E-state index contributed by atoms with van der Waals surface area (Å²) in [5.74, 6) is 0.0381. The zero-order chi connectivity index (χ0) is 19.1. The van der Waals surface area contributed by atoms with Crippen LogP contribution in [0.4, 0.5) is 4.79 Å². The molecule has 0 unspecified atom stereocenters. The Labute approximate surface area is 155 Å². The van der Waals surface area contributed by atoms with Crippen molar-refractivity contribution in [2.75, 3.05) is 24.7 Å². The van der Waals surface area contributed by atoms with E-state index in [2.05, 4.69) is 10.3 Å². The summed E-state index contributed by atoms with van der Waals surface area (Å²) < 4.78 is 5.01. The third-order valence-electron chi connectivity index (χ3n) is 4.77. The highest BCUT2D eigenvalue weighted by atomic mass is 32.2. The van der Waals surface area contributed by atoms with E-state index in [1.54, 1.807) is 32.5 Å². The van der Waals surface area contributed by atoms with Gasteiger partial charge in [0.1, 0.15) is 5.54 Å². The Balaban J connectivity index is 1.81. The topological polar surface area (TPSA) is 109 Å². The van der Waals surface area contributed by atoms with Gasteiger partial charge in [-0.1, -0.05) is 0 Å². The fourth-order valence-corrected chi connectivity index (χ4v) is 4.74. The molecule has 1 spiro atoms. The molecular weight excluding hydrogens is 358 g/mol. The SMILES string of the molecule is CCOC(=O)c1c(C)[nH]c(C(=O)CN2C(=O)N[C@@]3(CCSC3)C2=O)c1C. The van der Waals surface area contributed by atoms with Crippen LogP contribution in [0.5, 0.6) is 0 Å². The van der Waals surface area contributed by atoms with Gasteiger partial charge >= 0.3 is 12.0 Å². The van der Waals surface area contributed by atoms with E-state index in [0.717, 1.165) is 10.7 Å². The molecule has 3 heterocycles. The van der Waals surface area contributed by atoms with Crippen LogP contribution in [0.25, 0.3) is 0 Å². The van der Waals surface area contributed by atoms with Crippen LogP contribution in [0.2, 0.25) is 0 Å². The van der Waals surface area contributed by atoms with Gasteiger partial charge in [0.2, 0.25) is 0 Å². The number of H-pyrrole nitrogens is 1. The Bertz CT molecular complexity index is 795. The first-order valence-electron chi connectivity index (χ1n) is 8.42. The largest absolute Gasteiger partial charge is 0.462 e. The van der Waals surface area contributed by atoms with Gasteiger partial charge in [-0.25, -0.2) is 9.59 Å². The van der Waals surface area contributed by atoms with Crippen LogP contribution in [0.1, 0.15) is 45.4 Å². The van der Waals surface area contributed by atoms with Crippen molar-refractivity contribution in [1.29, 1.82) is 0 Å². The van der Waals surface area contributed by atoms with Crippen LogP contribution in [-0.4, -0.2) is 63.8 Å². The van der Waals surface area contributed by atoms with Crippen molar-refractivity contribution in [3.05, 3.63) is 22.5 Å². The number of aromatic amines is 1. The second kappa shape index (κ2) is 6.79. The molecule has 2 fully saturated rings. The minimum absolute atomic E-state index is 0.216. The number of imide groups is 1. The van der Waals surface area contributed by atoms with Crippen LogP contribution in [0, 0.1) is 13.8 Å². The lowest BCUT2D eigenvalue weighted by molar-refractivity contribution is -0.130. The highest BCUT2D eigenvalue weighted by molar-refractivity contribution is 7.99. The molecule has 9 heteroatoms. The minimum atomic E-state index is -0.876. The van der Waals surface area contributed by atoms with Crippen LogP contribution in [0.3, 0.4) is 0 Å². The lowest BCUT2D eigenvalue weighted by atomic mass is 9.99. The fraction of sp³-hybridized carbons (Fsp3) is 0.529. The fourth-order valence-electron chi connectivity index (χ4n) is 3.41. The van der Waals surface area contributed by atoms with Crippen molar-refractivity contribution < 1.29 is 23.9 Å². The molecule has 3 rings (SSSR count). The molecule has 1 aromatic rings. The number of nitrogens with one attached hydrogen (secondary N) is 2. The van der Waals surface area contributed by atoms with Crippen molar-refractivity contribution in [3.8, 4) is 0 Å². The number of nitrogens with zero attached hydrogens (tertiary/aromatic N) is 1. The van der Waals surface area contributed by atoms with Crippen LogP contribution in [0.15, 0.2) is 0 Å². The Morgan fingerprint density at radius 1 is 1.31 bits per heavy atom. The standard InChI is InChI=1S/C17H21N3O5S/c1-4-25-14(22)12-9(2)13(18-10(12)3)11(21)7-20-15(23)17(19-16(20)24)5-6-26-8-17/h18H,4-8H2,1-3H3,(H,19,24)/t17-/m1/s1. The summed E-state index contributed by atoms with van der Waals surface area (Å²) in [5.41, 5.74) is 0.636. The van der Waals surface area contributed by atoms with E-state index in [9.17, 15) is 19.2 Å². The van der Waals surface area contributed by atoms with Gasteiger partial charge in [-0.05, 0) is 38.5 Å². The summed E-state index contributed by atoms with van der Waals surface area (Å²) >= 11 is 1.60.